The lowest BCUT2D eigenvalue weighted by molar-refractivity contribution is -0.161. The molecule has 0 fully saturated rings. The second-order valence-corrected chi connectivity index (χ2v) is 34.2. The predicted octanol–water partition coefficient (Wildman–Crippen LogP) is 24.8. The molecule has 0 rings (SSSR count). The molecule has 0 aromatic carbocycles. The average molecular weight is 1490 g/mol. The molecule has 0 aliphatic rings. The van der Waals surface area contributed by atoms with Crippen LogP contribution < -0.4 is 0 Å². The molecule has 0 heterocycles. The van der Waals surface area contributed by atoms with Gasteiger partial charge in [-0.2, -0.15) is 0 Å². The third-order valence-electron chi connectivity index (χ3n) is 20.0. The van der Waals surface area contributed by atoms with Crippen molar-refractivity contribution in [1.82, 2.24) is 0 Å². The third kappa shape index (κ3) is 73.6. The van der Waals surface area contributed by atoms with E-state index in [4.69, 9.17) is 37.0 Å². The monoisotopic (exact) mass is 1490 g/mol. The van der Waals surface area contributed by atoms with Gasteiger partial charge < -0.3 is 33.8 Å². The van der Waals surface area contributed by atoms with Gasteiger partial charge in [0.25, 0.3) is 0 Å². The molecule has 19 heteroatoms. The lowest BCUT2D eigenvalue weighted by Crippen LogP contribution is -2.30. The maximum absolute atomic E-state index is 13.1. The zero-order valence-corrected chi connectivity index (χ0v) is 69.0. The van der Waals surface area contributed by atoms with Crippen molar-refractivity contribution in [2.75, 3.05) is 39.6 Å². The van der Waals surface area contributed by atoms with Crippen LogP contribution in [0, 0.1) is 23.7 Å². The number of hydrogen-bond donors (Lipinski definition) is 3. The van der Waals surface area contributed by atoms with E-state index >= 15 is 0 Å². The molecule has 0 amide bonds. The van der Waals surface area contributed by atoms with Crippen LogP contribution in [0.5, 0.6) is 0 Å². The summed E-state index contributed by atoms with van der Waals surface area (Å²) in [7, 11) is -9.92. The largest absolute Gasteiger partial charge is 0.472 e. The van der Waals surface area contributed by atoms with Crippen LogP contribution in [0.3, 0.4) is 0 Å². The van der Waals surface area contributed by atoms with Crippen LogP contribution in [0.25, 0.3) is 0 Å². The van der Waals surface area contributed by atoms with Crippen LogP contribution in [0.4, 0.5) is 0 Å². The number of rotatable bonds is 80. The summed E-state index contributed by atoms with van der Waals surface area (Å²) >= 11 is 0. The van der Waals surface area contributed by atoms with Gasteiger partial charge in [0.15, 0.2) is 12.2 Å². The molecule has 102 heavy (non-hydrogen) atoms. The standard InChI is InChI=1S/C83H162O17P2/c1-9-75(7)61-53-45-37-33-34-40-50-58-66-83(88)100-78(69-93-80(85)63-55-47-38-31-27-23-19-14-12-11-13-17-21-25-29-35-43-51-59-73(3)4)71-97-101(89,90)95-67-77(84)68-96-102(91,92)98-72-79(70-94-81(86)64-56-48-42-41-46-54-62-76(8)10-2)99-82(87)65-57-49-39-32-28-24-20-16-15-18-22-26-30-36-44-52-60-74(5)6/h73-79,84H,9-72H2,1-8H3,(H,89,90)(H,91,92)/t75?,76?,77-,78-,79-/m1/s1. The Labute approximate surface area is 626 Å². The minimum absolute atomic E-state index is 0.105. The van der Waals surface area contributed by atoms with Gasteiger partial charge in [0.1, 0.15) is 19.3 Å². The minimum Gasteiger partial charge on any atom is -0.462 e. The maximum atomic E-state index is 13.1. The summed E-state index contributed by atoms with van der Waals surface area (Å²) in [5.41, 5.74) is 0. The number of carbonyl (C=O) groups is 4. The number of phosphoric ester groups is 2. The third-order valence-corrected chi connectivity index (χ3v) is 21.9. The molecule has 0 saturated heterocycles. The number of hydrogen-bond acceptors (Lipinski definition) is 15. The second kappa shape index (κ2) is 72.0. The van der Waals surface area contributed by atoms with Crippen molar-refractivity contribution in [1.29, 1.82) is 0 Å². The molecule has 0 aliphatic carbocycles. The Hall–Kier alpha value is -1.94. The number of phosphoric acid groups is 2. The summed E-state index contributed by atoms with van der Waals surface area (Å²) in [5, 5.41) is 10.6. The second-order valence-electron chi connectivity index (χ2n) is 31.3. The smallest absolute Gasteiger partial charge is 0.462 e. The van der Waals surface area contributed by atoms with Gasteiger partial charge in [-0.3, -0.25) is 37.3 Å². The van der Waals surface area contributed by atoms with Gasteiger partial charge in [0.2, 0.25) is 0 Å². The predicted molar refractivity (Wildman–Crippen MR) is 418 cm³/mol. The van der Waals surface area contributed by atoms with Gasteiger partial charge in [-0.05, 0) is 49.4 Å². The van der Waals surface area contributed by atoms with E-state index in [-0.39, 0.29) is 25.7 Å². The van der Waals surface area contributed by atoms with Crippen molar-refractivity contribution in [3.63, 3.8) is 0 Å². The van der Waals surface area contributed by atoms with Crippen molar-refractivity contribution in [3.8, 4) is 0 Å². The van der Waals surface area contributed by atoms with Crippen molar-refractivity contribution in [2.24, 2.45) is 23.7 Å². The molecular formula is C83H162O17P2. The number of ether oxygens (including phenoxy) is 4. The number of esters is 4. The average Bonchev–Trinajstić information content (AvgIpc) is 0.905. The Morgan fingerprint density at radius 2 is 0.471 bits per heavy atom. The highest BCUT2D eigenvalue weighted by Crippen LogP contribution is 2.45. The molecule has 0 aliphatic heterocycles. The van der Waals surface area contributed by atoms with Gasteiger partial charge >= 0.3 is 39.5 Å². The first-order valence-electron chi connectivity index (χ1n) is 42.8. The molecule has 606 valence electrons. The summed E-state index contributed by atoms with van der Waals surface area (Å²) in [6, 6.07) is 0. The summed E-state index contributed by atoms with van der Waals surface area (Å²) in [6.07, 6.45) is 59.8. The van der Waals surface area contributed by atoms with Gasteiger partial charge in [-0.1, -0.05) is 376 Å². The summed E-state index contributed by atoms with van der Waals surface area (Å²) < 4.78 is 68.7. The maximum Gasteiger partial charge on any atom is 0.472 e. The van der Waals surface area contributed by atoms with Crippen molar-refractivity contribution in [3.05, 3.63) is 0 Å². The number of unbranched alkanes of at least 4 members (excludes halogenated alkanes) is 44. The van der Waals surface area contributed by atoms with Crippen LogP contribution in [0.2, 0.25) is 0 Å². The van der Waals surface area contributed by atoms with E-state index in [9.17, 15) is 43.2 Å². The Bertz CT molecular complexity index is 1990. The molecule has 0 aromatic rings. The molecule has 4 unspecified atom stereocenters. The summed E-state index contributed by atoms with van der Waals surface area (Å²) in [6.45, 7) is 14.3. The quantitative estimate of drug-likeness (QED) is 0.0222. The Morgan fingerprint density at radius 1 is 0.275 bits per heavy atom. The number of carbonyl (C=O) groups excluding carboxylic acids is 4. The zero-order valence-electron chi connectivity index (χ0n) is 67.2. The van der Waals surface area contributed by atoms with Crippen LogP contribution in [0.15, 0.2) is 0 Å². The SMILES string of the molecule is CCC(C)CCCCCCCCCCC(=O)O[C@H](COC(=O)CCCCCCCCCCCCCCCCCCCCC(C)C)COP(=O)(O)OC[C@@H](O)COP(=O)(O)OC[C@@H](COC(=O)CCCCCCCCC(C)CC)OC(=O)CCCCCCCCCCCCCCCCCCC(C)C. The van der Waals surface area contributed by atoms with Crippen molar-refractivity contribution >= 4 is 39.5 Å². The summed E-state index contributed by atoms with van der Waals surface area (Å²) in [5.74, 6) is 1.02. The fraction of sp³-hybridized carbons (Fsp3) is 0.952. The topological polar surface area (TPSA) is 237 Å². The number of aliphatic hydroxyl groups excluding tert-OH is 1. The molecule has 3 N–H and O–H groups in total. The van der Waals surface area contributed by atoms with Crippen LogP contribution in [0.1, 0.15) is 428 Å². The molecule has 0 saturated carbocycles. The Morgan fingerprint density at radius 3 is 0.696 bits per heavy atom. The first-order chi connectivity index (χ1) is 49.2. The zero-order chi connectivity index (χ0) is 75.3. The van der Waals surface area contributed by atoms with Gasteiger partial charge in [0.05, 0.1) is 26.4 Å². The van der Waals surface area contributed by atoms with Crippen LogP contribution in [-0.2, 0) is 65.4 Å². The van der Waals surface area contributed by atoms with E-state index in [1.54, 1.807) is 0 Å². The lowest BCUT2D eigenvalue weighted by Gasteiger charge is -2.21. The molecule has 0 aromatic heterocycles. The minimum atomic E-state index is -4.96. The highest BCUT2D eigenvalue weighted by molar-refractivity contribution is 7.47. The van der Waals surface area contributed by atoms with Crippen molar-refractivity contribution < 1.29 is 80.2 Å². The van der Waals surface area contributed by atoms with Crippen LogP contribution in [-0.4, -0.2) is 96.7 Å². The molecule has 0 radical (unpaired) electrons. The van der Waals surface area contributed by atoms with E-state index in [0.717, 1.165) is 120 Å². The fourth-order valence-corrected chi connectivity index (χ4v) is 14.3. The first kappa shape index (κ1) is 100. The highest BCUT2D eigenvalue weighted by atomic mass is 31.2. The van der Waals surface area contributed by atoms with E-state index < -0.39 is 97.5 Å². The molecule has 0 bridgehead atoms. The highest BCUT2D eigenvalue weighted by Gasteiger charge is 2.30. The molecule has 7 atom stereocenters. The molecule has 0 spiro atoms. The van der Waals surface area contributed by atoms with E-state index in [0.29, 0.717) is 25.7 Å². The normalized spacial score (nSPS) is 14.5. The van der Waals surface area contributed by atoms with Gasteiger partial charge in [0, 0.05) is 25.7 Å². The van der Waals surface area contributed by atoms with Gasteiger partial charge in [-0.25, -0.2) is 9.13 Å². The first-order valence-corrected chi connectivity index (χ1v) is 45.8. The van der Waals surface area contributed by atoms with Crippen LogP contribution >= 0.6 is 15.6 Å². The summed E-state index contributed by atoms with van der Waals surface area (Å²) in [4.78, 5) is 73.1. The van der Waals surface area contributed by atoms with E-state index in [2.05, 4.69) is 55.4 Å². The molecular weight excluding hydrogens is 1330 g/mol. The van der Waals surface area contributed by atoms with Gasteiger partial charge in [-0.15, -0.1) is 0 Å². The van der Waals surface area contributed by atoms with E-state index in [1.165, 1.54) is 225 Å². The Balaban J connectivity index is 5.17. The number of aliphatic hydroxyl groups is 1. The molecule has 17 nitrogen and oxygen atoms in total. The van der Waals surface area contributed by atoms with E-state index in [1.807, 2.05) is 0 Å². The lowest BCUT2D eigenvalue weighted by atomic mass is 9.99. The fourth-order valence-electron chi connectivity index (χ4n) is 12.7. The Kier molecular flexibility index (Phi) is 70.6. The van der Waals surface area contributed by atoms with Crippen molar-refractivity contribution in [2.45, 2.75) is 446 Å².